The van der Waals surface area contributed by atoms with Gasteiger partial charge in [0, 0.05) is 18.4 Å². The molecule has 0 amide bonds. The first-order valence-corrected chi connectivity index (χ1v) is 7.06. The molecule has 0 saturated heterocycles. The van der Waals surface area contributed by atoms with E-state index in [1.165, 1.54) is 17.8 Å². The highest BCUT2D eigenvalue weighted by atomic mass is 32.2. The Morgan fingerprint density at radius 2 is 1.90 bits per heavy atom. The fraction of sp³-hybridized carbons (Fsp3) is 0.286. The van der Waals surface area contributed by atoms with Gasteiger partial charge in [-0.2, -0.15) is 13.2 Å². The quantitative estimate of drug-likeness (QED) is 0.928. The van der Waals surface area contributed by atoms with Crippen LogP contribution < -0.4 is 5.32 Å². The fourth-order valence-corrected chi connectivity index (χ4v) is 2.40. The summed E-state index contributed by atoms with van der Waals surface area (Å²) >= 11 is 1.23. The standard InChI is InChI=1S/C14H14F3N3S/c1-9(18-2)10-5-6-19-13(7-10)21-12-4-3-11(8-20-12)14(15,16)17/h3-9,18H,1-2H3. The highest BCUT2D eigenvalue weighted by Crippen LogP contribution is 2.31. The molecule has 0 saturated carbocycles. The van der Waals surface area contributed by atoms with Crippen molar-refractivity contribution in [1.29, 1.82) is 0 Å². The summed E-state index contributed by atoms with van der Waals surface area (Å²) in [5, 5.41) is 4.29. The minimum Gasteiger partial charge on any atom is -0.313 e. The summed E-state index contributed by atoms with van der Waals surface area (Å²) in [6.45, 7) is 2.01. The molecule has 0 aliphatic heterocycles. The van der Waals surface area contributed by atoms with Gasteiger partial charge >= 0.3 is 6.18 Å². The molecule has 0 aromatic carbocycles. The summed E-state index contributed by atoms with van der Waals surface area (Å²) < 4.78 is 37.4. The predicted molar refractivity (Wildman–Crippen MR) is 75.1 cm³/mol. The van der Waals surface area contributed by atoms with Gasteiger partial charge in [0.15, 0.2) is 0 Å². The van der Waals surface area contributed by atoms with Gasteiger partial charge in [-0.3, -0.25) is 0 Å². The molecule has 7 heteroatoms. The van der Waals surface area contributed by atoms with Gasteiger partial charge in [-0.05, 0) is 43.8 Å². The highest BCUT2D eigenvalue weighted by molar-refractivity contribution is 7.99. The van der Waals surface area contributed by atoms with E-state index in [0.29, 0.717) is 10.1 Å². The number of alkyl halides is 3. The molecule has 2 aromatic rings. The zero-order chi connectivity index (χ0) is 15.5. The van der Waals surface area contributed by atoms with Crippen LogP contribution in [-0.4, -0.2) is 17.0 Å². The number of hydrogen-bond donors (Lipinski definition) is 1. The van der Waals surface area contributed by atoms with Crippen LogP contribution in [0.5, 0.6) is 0 Å². The lowest BCUT2D eigenvalue weighted by Gasteiger charge is -2.11. The molecule has 21 heavy (non-hydrogen) atoms. The van der Waals surface area contributed by atoms with E-state index in [1.54, 1.807) is 6.20 Å². The van der Waals surface area contributed by atoms with Crippen LogP contribution in [0, 0.1) is 0 Å². The number of nitrogens with one attached hydrogen (secondary N) is 1. The maximum Gasteiger partial charge on any atom is 0.417 e. The molecular formula is C14H14F3N3S. The number of nitrogens with zero attached hydrogens (tertiary/aromatic N) is 2. The Bertz CT molecular complexity index is 599. The van der Waals surface area contributed by atoms with Crippen molar-refractivity contribution >= 4 is 11.8 Å². The summed E-state index contributed by atoms with van der Waals surface area (Å²) in [6, 6.07) is 6.34. The minimum atomic E-state index is -4.36. The van der Waals surface area contributed by atoms with Gasteiger partial charge < -0.3 is 5.32 Å². The lowest BCUT2D eigenvalue weighted by atomic mass is 10.1. The topological polar surface area (TPSA) is 37.8 Å². The minimum absolute atomic E-state index is 0.174. The first-order valence-electron chi connectivity index (χ1n) is 6.24. The number of rotatable bonds is 4. The van der Waals surface area contributed by atoms with Gasteiger partial charge in [0.05, 0.1) is 5.56 Å². The first-order chi connectivity index (χ1) is 9.90. The zero-order valence-corrected chi connectivity index (χ0v) is 12.3. The monoisotopic (exact) mass is 313 g/mol. The number of pyridine rings is 2. The van der Waals surface area contributed by atoms with E-state index in [1.807, 2.05) is 26.1 Å². The van der Waals surface area contributed by atoms with E-state index in [-0.39, 0.29) is 6.04 Å². The van der Waals surface area contributed by atoms with Gasteiger partial charge in [-0.15, -0.1) is 0 Å². The Labute approximate surface area is 125 Å². The van der Waals surface area contributed by atoms with Crippen LogP contribution in [0.25, 0.3) is 0 Å². The second-order valence-electron chi connectivity index (χ2n) is 4.42. The lowest BCUT2D eigenvalue weighted by Crippen LogP contribution is -2.12. The van der Waals surface area contributed by atoms with E-state index in [0.717, 1.165) is 17.8 Å². The van der Waals surface area contributed by atoms with Gasteiger partial charge in [0.25, 0.3) is 0 Å². The molecule has 0 radical (unpaired) electrons. The fourth-order valence-electron chi connectivity index (χ4n) is 1.63. The second kappa shape index (κ2) is 6.44. The third kappa shape index (κ3) is 4.18. The average Bonchev–Trinajstić information content (AvgIpc) is 2.46. The van der Waals surface area contributed by atoms with Gasteiger partial charge in [-0.25, -0.2) is 9.97 Å². The Morgan fingerprint density at radius 3 is 2.48 bits per heavy atom. The summed E-state index contributed by atoms with van der Waals surface area (Å²) in [7, 11) is 1.86. The molecule has 2 heterocycles. The second-order valence-corrected chi connectivity index (χ2v) is 5.46. The third-order valence-electron chi connectivity index (χ3n) is 2.96. The Morgan fingerprint density at radius 1 is 1.14 bits per heavy atom. The highest BCUT2D eigenvalue weighted by Gasteiger charge is 2.30. The van der Waals surface area contributed by atoms with Crippen molar-refractivity contribution in [3.63, 3.8) is 0 Å². The van der Waals surface area contributed by atoms with Gasteiger partial charge in [0.2, 0.25) is 0 Å². The van der Waals surface area contributed by atoms with E-state index in [2.05, 4.69) is 15.3 Å². The van der Waals surface area contributed by atoms with E-state index in [4.69, 9.17) is 0 Å². The molecule has 0 spiro atoms. The molecule has 0 aliphatic carbocycles. The van der Waals surface area contributed by atoms with Crippen molar-refractivity contribution in [3.05, 3.63) is 47.8 Å². The summed E-state index contributed by atoms with van der Waals surface area (Å²) in [5.74, 6) is 0. The normalized spacial score (nSPS) is 13.2. The molecule has 0 fully saturated rings. The first kappa shape index (κ1) is 15.8. The molecule has 0 bridgehead atoms. The van der Waals surface area contributed by atoms with Crippen molar-refractivity contribution in [3.8, 4) is 0 Å². The smallest absolute Gasteiger partial charge is 0.313 e. The maximum absolute atomic E-state index is 12.5. The SMILES string of the molecule is CNC(C)c1ccnc(Sc2ccc(C(F)(F)F)cn2)c1. The number of halogens is 3. The Kier molecular flexibility index (Phi) is 4.84. The largest absolute Gasteiger partial charge is 0.417 e. The molecule has 1 N–H and O–H groups in total. The van der Waals surface area contributed by atoms with Crippen molar-refractivity contribution in [1.82, 2.24) is 15.3 Å². The Balaban J connectivity index is 2.15. The van der Waals surface area contributed by atoms with Crippen LogP contribution in [0.4, 0.5) is 13.2 Å². The lowest BCUT2D eigenvalue weighted by molar-refractivity contribution is -0.137. The van der Waals surface area contributed by atoms with Gasteiger partial charge in [0.1, 0.15) is 10.1 Å². The number of hydrogen-bond acceptors (Lipinski definition) is 4. The molecule has 2 rings (SSSR count). The van der Waals surface area contributed by atoms with Crippen molar-refractivity contribution in [2.24, 2.45) is 0 Å². The zero-order valence-electron chi connectivity index (χ0n) is 11.5. The van der Waals surface area contributed by atoms with E-state index in [9.17, 15) is 13.2 Å². The summed E-state index contributed by atoms with van der Waals surface area (Å²) in [5.41, 5.74) is 0.305. The molecular weight excluding hydrogens is 299 g/mol. The number of aromatic nitrogens is 2. The van der Waals surface area contributed by atoms with Gasteiger partial charge in [-0.1, -0.05) is 11.8 Å². The van der Waals surface area contributed by atoms with Crippen LogP contribution in [0.15, 0.2) is 46.7 Å². The molecule has 0 aliphatic rings. The maximum atomic E-state index is 12.5. The van der Waals surface area contributed by atoms with Crippen LogP contribution in [0.2, 0.25) is 0 Å². The summed E-state index contributed by atoms with van der Waals surface area (Å²) in [6.07, 6.45) is -1.85. The molecule has 2 aromatic heterocycles. The van der Waals surface area contributed by atoms with Crippen LogP contribution in [0.1, 0.15) is 24.1 Å². The van der Waals surface area contributed by atoms with Crippen molar-refractivity contribution in [2.75, 3.05) is 7.05 Å². The van der Waals surface area contributed by atoms with E-state index >= 15 is 0 Å². The van der Waals surface area contributed by atoms with Crippen LogP contribution >= 0.6 is 11.8 Å². The average molecular weight is 313 g/mol. The molecule has 1 unspecified atom stereocenters. The van der Waals surface area contributed by atoms with Crippen molar-refractivity contribution in [2.45, 2.75) is 29.2 Å². The molecule has 3 nitrogen and oxygen atoms in total. The molecule has 1 atom stereocenters. The van der Waals surface area contributed by atoms with Crippen LogP contribution in [0.3, 0.4) is 0 Å². The molecule has 112 valence electrons. The summed E-state index contributed by atoms with van der Waals surface area (Å²) in [4.78, 5) is 8.02. The third-order valence-corrected chi connectivity index (χ3v) is 3.85. The van der Waals surface area contributed by atoms with Crippen LogP contribution in [-0.2, 0) is 6.18 Å². The Hall–Kier alpha value is -1.60. The van der Waals surface area contributed by atoms with E-state index < -0.39 is 11.7 Å². The predicted octanol–water partition coefficient (Wildman–Crippen LogP) is 3.93. The van der Waals surface area contributed by atoms with Crippen molar-refractivity contribution < 1.29 is 13.2 Å².